The first-order valence-corrected chi connectivity index (χ1v) is 20.3. The van der Waals surface area contributed by atoms with Crippen LogP contribution in [0.15, 0.2) is 30.3 Å². The van der Waals surface area contributed by atoms with Gasteiger partial charge in [-0.05, 0) is 18.4 Å². The molecule has 0 fully saturated rings. The fraction of sp³-hybridized carbons (Fsp3) is 0.818. The third-order valence-corrected chi connectivity index (χ3v) is 10.7. The van der Waals surface area contributed by atoms with Crippen molar-refractivity contribution in [2.75, 3.05) is 19.0 Å². The number of aliphatic hydroxyl groups excluding tert-OH is 1. The topological polar surface area (TPSA) is 122 Å². The zero-order valence-corrected chi connectivity index (χ0v) is 28.8. The van der Waals surface area contributed by atoms with Crippen LogP contribution in [0.3, 0.4) is 0 Å². The number of hydrogen-bond acceptors (Lipinski definition) is 6. The van der Waals surface area contributed by atoms with E-state index in [9.17, 15) is 23.0 Å². The average Bonchev–Trinajstić information content (AvgIpc) is 2.98. The summed E-state index contributed by atoms with van der Waals surface area (Å²) in [6.45, 7) is 3.89. The minimum absolute atomic E-state index is 0.0310. The van der Waals surface area contributed by atoms with Crippen molar-refractivity contribution in [2.45, 2.75) is 154 Å². The highest BCUT2D eigenvalue weighted by Gasteiger charge is 2.32. The third-order valence-electron chi connectivity index (χ3n) is 7.73. The van der Waals surface area contributed by atoms with Gasteiger partial charge in [0.2, 0.25) is 10.0 Å². The standard InChI is InChI=1S/C33H62NO7PS/c1-3-5-7-9-10-11-12-13-14-15-16-17-18-23-27-43(38,39)34-32(26-22-8-6-4-2)29-41-42(36,37)33(35)30-40-28-31-24-20-19-21-25-31/h19-21,24-25,32-35H,3-18,22-23,26-30H2,1-2H3,(H,36,37). The summed E-state index contributed by atoms with van der Waals surface area (Å²) in [7, 11) is -7.99. The van der Waals surface area contributed by atoms with Crippen molar-refractivity contribution in [3.8, 4) is 0 Å². The van der Waals surface area contributed by atoms with Crippen molar-refractivity contribution < 1.29 is 32.2 Å². The van der Waals surface area contributed by atoms with Crippen LogP contribution in [0.5, 0.6) is 0 Å². The van der Waals surface area contributed by atoms with Crippen molar-refractivity contribution in [1.29, 1.82) is 0 Å². The van der Waals surface area contributed by atoms with Gasteiger partial charge in [-0.3, -0.25) is 4.57 Å². The molecule has 8 nitrogen and oxygen atoms in total. The quantitative estimate of drug-likeness (QED) is 0.0566. The first kappa shape index (κ1) is 40.2. The van der Waals surface area contributed by atoms with Gasteiger partial charge in [-0.2, -0.15) is 0 Å². The summed E-state index contributed by atoms with van der Waals surface area (Å²) in [4.78, 5) is 10.3. The second kappa shape index (κ2) is 25.4. The molecule has 0 aliphatic carbocycles. The number of ether oxygens (including phenoxy) is 1. The second-order valence-corrected chi connectivity index (χ2v) is 15.8. The van der Waals surface area contributed by atoms with Crippen molar-refractivity contribution in [2.24, 2.45) is 0 Å². The van der Waals surface area contributed by atoms with Gasteiger partial charge < -0.3 is 19.3 Å². The molecule has 3 N–H and O–H groups in total. The normalized spacial score (nSPS) is 14.9. The van der Waals surface area contributed by atoms with Crippen LogP contribution in [0.2, 0.25) is 0 Å². The molecule has 43 heavy (non-hydrogen) atoms. The zero-order chi connectivity index (χ0) is 31.7. The molecule has 0 heterocycles. The Labute approximate surface area is 263 Å². The molecule has 0 spiro atoms. The molecule has 3 atom stereocenters. The molecule has 0 aromatic heterocycles. The molecule has 0 aliphatic rings. The van der Waals surface area contributed by atoms with E-state index in [2.05, 4.69) is 18.6 Å². The molecule has 252 valence electrons. The van der Waals surface area contributed by atoms with Gasteiger partial charge in [-0.15, -0.1) is 0 Å². The highest BCUT2D eigenvalue weighted by atomic mass is 32.2. The molecule has 0 aliphatic heterocycles. The monoisotopic (exact) mass is 647 g/mol. The Bertz CT molecular complexity index is 932. The fourth-order valence-corrected chi connectivity index (χ4v) is 7.28. The van der Waals surface area contributed by atoms with Gasteiger partial charge in [0.15, 0.2) is 5.85 Å². The first-order chi connectivity index (χ1) is 20.7. The Morgan fingerprint density at radius 3 is 1.77 bits per heavy atom. The first-order valence-electron chi connectivity index (χ1n) is 17.0. The SMILES string of the molecule is CCCCCCCCCCCCCCCCS(=O)(=O)NC(CCCCCC)COP(=O)(O)C(O)COCc1ccccc1. The number of hydrogen-bond donors (Lipinski definition) is 3. The Kier molecular flexibility index (Phi) is 23.8. The van der Waals surface area contributed by atoms with Crippen LogP contribution in [-0.2, 0) is 30.5 Å². The van der Waals surface area contributed by atoms with Gasteiger partial charge in [0.25, 0.3) is 0 Å². The van der Waals surface area contributed by atoms with Crippen molar-refractivity contribution in [3.63, 3.8) is 0 Å². The summed E-state index contributed by atoms with van der Waals surface area (Å²) in [5.41, 5.74) is 0.878. The van der Waals surface area contributed by atoms with Crippen LogP contribution in [-0.4, -0.2) is 49.3 Å². The fourth-order valence-electron chi connectivity index (χ4n) is 5.03. The second-order valence-electron chi connectivity index (χ2n) is 11.9. The minimum atomic E-state index is -4.43. The van der Waals surface area contributed by atoms with E-state index >= 15 is 0 Å². The van der Waals surface area contributed by atoms with E-state index in [1.807, 2.05) is 30.3 Å². The summed E-state index contributed by atoms with van der Waals surface area (Å²) in [6.07, 6.45) is 21.1. The van der Waals surface area contributed by atoms with Crippen molar-refractivity contribution in [3.05, 3.63) is 35.9 Å². The van der Waals surface area contributed by atoms with Gasteiger partial charge in [-0.1, -0.05) is 153 Å². The third kappa shape index (κ3) is 22.4. The molecule has 0 bridgehead atoms. The molecule has 10 heteroatoms. The van der Waals surface area contributed by atoms with Crippen molar-refractivity contribution in [1.82, 2.24) is 4.72 Å². The highest BCUT2D eigenvalue weighted by molar-refractivity contribution is 7.89. The summed E-state index contributed by atoms with van der Waals surface area (Å²) >= 11 is 0. The summed E-state index contributed by atoms with van der Waals surface area (Å²) in [5.74, 6) is -1.69. The van der Waals surface area contributed by atoms with Gasteiger partial charge in [0.05, 0.1) is 25.6 Å². The summed E-state index contributed by atoms with van der Waals surface area (Å²) < 4.78 is 51.6. The molecule has 1 aromatic carbocycles. The van der Waals surface area contributed by atoms with E-state index in [-0.39, 0.29) is 25.6 Å². The molecular formula is C33H62NO7PS. The lowest BCUT2D eigenvalue weighted by Crippen LogP contribution is -2.39. The van der Waals surface area contributed by atoms with Gasteiger partial charge in [0.1, 0.15) is 0 Å². The number of unbranched alkanes of at least 4 members (excludes halogenated alkanes) is 16. The Balaban J connectivity index is 2.34. The number of rotatable bonds is 30. The van der Waals surface area contributed by atoms with Crippen LogP contribution in [0.4, 0.5) is 0 Å². The minimum Gasteiger partial charge on any atom is -0.378 e. The maximum absolute atomic E-state index is 12.8. The van der Waals surface area contributed by atoms with E-state index in [0.717, 1.165) is 50.5 Å². The molecule has 0 saturated heterocycles. The smallest absolute Gasteiger partial charge is 0.358 e. The van der Waals surface area contributed by atoms with Gasteiger partial charge in [0, 0.05) is 6.04 Å². The molecule has 0 saturated carbocycles. The number of aliphatic hydroxyl groups is 1. The van der Waals surface area contributed by atoms with Gasteiger partial charge in [-0.25, -0.2) is 13.1 Å². The van der Waals surface area contributed by atoms with E-state index in [4.69, 9.17) is 9.26 Å². The Hall–Kier alpha value is -0.800. The van der Waals surface area contributed by atoms with E-state index in [0.29, 0.717) is 12.8 Å². The van der Waals surface area contributed by atoms with E-state index in [1.165, 1.54) is 64.2 Å². The molecule has 0 radical (unpaired) electrons. The molecule has 0 amide bonds. The molecular weight excluding hydrogens is 585 g/mol. The van der Waals surface area contributed by atoms with Crippen LogP contribution in [0, 0.1) is 0 Å². The van der Waals surface area contributed by atoms with Gasteiger partial charge >= 0.3 is 7.60 Å². The van der Waals surface area contributed by atoms with E-state index < -0.39 is 29.5 Å². The molecule has 1 rings (SSSR count). The van der Waals surface area contributed by atoms with Crippen LogP contribution in [0.25, 0.3) is 0 Å². The lowest BCUT2D eigenvalue weighted by Gasteiger charge is -2.23. The summed E-state index contributed by atoms with van der Waals surface area (Å²) in [6, 6.07) is 8.67. The summed E-state index contributed by atoms with van der Waals surface area (Å²) in [5, 5.41) is 10.2. The maximum atomic E-state index is 12.8. The molecule has 1 aromatic rings. The predicted molar refractivity (Wildman–Crippen MR) is 178 cm³/mol. The number of nitrogens with one attached hydrogen (secondary N) is 1. The van der Waals surface area contributed by atoms with Crippen LogP contribution >= 0.6 is 7.60 Å². The maximum Gasteiger partial charge on any atom is 0.358 e. The van der Waals surface area contributed by atoms with Crippen LogP contribution < -0.4 is 4.72 Å². The predicted octanol–water partition coefficient (Wildman–Crippen LogP) is 8.46. The number of benzene rings is 1. The lowest BCUT2D eigenvalue weighted by atomic mass is 10.0. The highest BCUT2D eigenvalue weighted by Crippen LogP contribution is 2.46. The largest absolute Gasteiger partial charge is 0.378 e. The van der Waals surface area contributed by atoms with Crippen molar-refractivity contribution >= 4 is 17.6 Å². The number of sulfonamides is 1. The van der Waals surface area contributed by atoms with Crippen LogP contribution in [0.1, 0.15) is 141 Å². The van der Waals surface area contributed by atoms with E-state index in [1.54, 1.807) is 0 Å². The molecule has 3 unspecified atom stereocenters. The Morgan fingerprint density at radius 1 is 0.744 bits per heavy atom. The zero-order valence-electron chi connectivity index (χ0n) is 27.1. The lowest BCUT2D eigenvalue weighted by molar-refractivity contribution is 0.0471. The average molecular weight is 648 g/mol. The Morgan fingerprint density at radius 2 is 1.23 bits per heavy atom.